The van der Waals surface area contributed by atoms with Crippen LogP contribution in [-0.4, -0.2) is 5.11 Å². The van der Waals surface area contributed by atoms with Crippen molar-refractivity contribution in [2.24, 2.45) is 0 Å². The van der Waals surface area contributed by atoms with Gasteiger partial charge in [-0.3, -0.25) is 0 Å². The van der Waals surface area contributed by atoms with E-state index in [1.807, 2.05) is 0 Å². The van der Waals surface area contributed by atoms with Gasteiger partial charge in [0.05, 0.1) is 0 Å². The first kappa shape index (κ1) is 9.99. The van der Waals surface area contributed by atoms with E-state index in [0.717, 1.165) is 0 Å². The fourth-order valence-corrected chi connectivity index (χ4v) is 1.64. The summed E-state index contributed by atoms with van der Waals surface area (Å²) >= 11 is 5.93. The van der Waals surface area contributed by atoms with Crippen LogP contribution in [0.2, 0.25) is 5.02 Å². The predicted molar refractivity (Wildman–Crippen MR) is 58.5 cm³/mol. The van der Waals surface area contributed by atoms with Crippen molar-refractivity contribution in [3.05, 3.63) is 53.3 Å². The van der Waals surface area contributed by atoms with E-state index in [-0.39, 0.29) is 5.75 Å². The summed E-state index contributed by atoms with van der Waals surface area (Å²) in [6.07, 6.45) is 0. The standard InChI is InChI=1S/C12H8ClFO/c13-10-6-2-1-4-8(10)9-5-3-7-11(15)12(9)14/h1-7,15H. The van der Waals surface area contributed by atoms with Gasteiger partial charge in [0.15, 0.2) is 11.6 Å². The van der Waals surface area contributed by atoms with Crippen LogP contribution in [0.5, 0.6) is 5.75 Å². The van der Waals surface area contributed by atoms with Crippen LogP contribution in [0.25, 0.3) is 11.1 Å². The molecular formula is C12H8ClFO. The summed E-state index contributed by atoms with van der Waals surface area (Å²) in [7, 11) is 0. The van der Waals surface area contributed by atoms with Crippen molar-refractivity contribution in [3.63, 3.8) is 0 Å². The smallest absolute Gasteiger partial charge is 0.172 e. The van der Waals surface area contributed by atoms with Gasteiger partial charge in [-0.1, -0.05) is 41.9 Å². The number of phenolic OH excluding ortho intramolecular Hbond substituents is 1. The molecule has 0 fully saturated rings. The molecule has 0 saturated carbocycles. The van der Waals surface area contributed by atoms with Crippen molar-refractivity contribution in [3.8, 4) is 16.9 Å². The molecule has 0 atom stereocenters. The van der Waals surface area contributed by atoms with Crippen LogP contribution in [-0.2, 0) is 0 Å². The van der Waals surface area contributed by atoms with Crippen molar-refractivity contribution in [1.29, 1.82) is 0 Å². The minimum absolute atomic E-state index is 0.306. The first-order valence-electron chi connectivity index (χ1n) is 4.42. The summed E-state index contributed by atoms with van der Waals surface area (Å²) in [5.41, 5.74) is 0.883. The van der Waals surface area contributed by atoms with E-state index in [1.54, 1.807) is 36.4 Å². The summed E-state index contributed by atoms with van der Waals surface area (Å²) in [6.45, 7) is 0. The van der Waals surface area contributed by atoms with Crippen LogP contribution >= 0.6 is 11.6 Å². The molecule has 0 spiro atoms. The highest BCUT2D eigenvalue weighted by molar-refractivity contribution is 6.33. The summed E-state index contributed by atoms with van der Waals surface area (Å²) in [5, 5.41) is 9.69. The Morgan fingerprint density at radius 1 is 0.933 bits per heavy atom. The Kier molecular flexibility index (Phi) is 2.60. The SMILES string of the molecule is Oc1cccc(-c2ccccc2Cl)c1F. The second-order valence-corrected chi connectivity index (χ2v) is 3.53. The number of aromatic hydroxyl groups is 1. The molecule has 0 aliphatic rings. The van der Waals surface area contributed by atoms with Gasteiger partial charge in [0.25, 0.3) is 0 Å². The molecule has 0 aliphatic heterocycles. The average Bonchev–Trinajstić information content (AvgIpc) is 2.23. The average molecular weight is 223 g/mol. The molecule has 2 aromatic carbocycles. The number of hydrogen-bond donors (Lipinski definition) is 1. The Morgan fingerprint density at radius 3 is 2.33 bits per heavy atom. The van der Waals surface area contributed by atoms with E-state index in [0.29, 0.717) is 16.1 Å². The largest absolute Gasteiger partial charge is 0.505 e. The van der Waals surface area contributed by atoms with Crippen LogP contribution in [0.4, 0.5) is 4.39 Å². The second-order valence-electron chi connectivity index (χ2n) is 3.12. The molecule has 15 heavy (non-hydrogen) atoms. The number of halogens is 2. The van der Waals surface area contributed by atoms with Gasteiger partial charge in [-0.25, -0.2) is 4.39 Å². The molecule has 0 bridgehead atoms. The predicted octanol–water partition coefficient (Wildman–Crippen LogP) is 3.85. The second kappa shape index (κ2) is 3.91. The van der Waals surface area contributed by atoms with Crippen molar-refractivity contribution in [2.45, 2.75) is 0 Å². The first-order chi connectivity index (χ1) is 7.20. The van der Waals surface area contributed by atoms with Crippen molar-refractivity contribution >= 4 is 11.6 Å². The summed E-state index contributed by atoms with van der Waals surface area (Å²) < 4.78 is 13.6. The summed E-state index contributed by atoms with van der Waals surface area (Å²) in [4.78, 5) is 0. The third-order valence-electron chi connectivity index (χ3n) is 2.14. The molecule has 0 aliphatic carbocycles. The Balaban J connectivity index is 2.65. The lowest BCUT2D eigenvalue weighted by Gasteiger charge is -2.06. The zero-order valence-corrected chi connectivity index (χ0v) is 8.50. The molecule has 0 amide bonds. The quantitative estimate of drug-likeness (QED) is 0.777. The van der Waals surface area contributed by atoms with Gasteiger partial charge in [-0.05, 0) is 12.1 Å². The van der Waals surface area contributed by atoms with Crippen LogP contribution in [0.1, 0.15) is 0 Å². The summed E-state index contributed by atoms with van der Waals surface area (Å²) in [6, 6.07) is 11.4. The highest BCUT2D eigenvalue weighted by Crippen LogP contribution is 2.32. The fourth-order valence-electron chi connectivity index (χ4n) is 1.41. The zero-order chi connectivity index (χ0) is 10.8. The van der Waals surface area contributed by atoms with Gasteiger partial charge in [-0.2, -0.15) is 0 Å². The molecule has 0 aromatic heterocycles. The zero-order valence-electron chi connectivity index (χ0n) is 7.74. The lowest BCUT2D eigenvalue weighted by Crippen LogP contribution is -1.85. The minimum Gasteiger partial charge on any atom is -0.505 e. The maximum absolute atomic E-state index is 13.6. The van der Waals surface area contributed by atoms with Crippen LogP contribution in [0.15, 0.2) is 42.5 Å². The Labute approximate surface area is 91.8 Å². The summed E-state index contributed by atoms with van der Waals surface area (Å²) in [5.74, 6) is -1.02. The van der Waals surface area contributed by atoms with E-state index in [2.05, 4.69) is 0 Å². The molecular weight excluding hydrogens is 215 g/mol. The molecule has 2 rings (SSSR count). The van der Waals surface area contributed by atoms with Gasteiger partial charge < -0.3 is 5.11 Å². The fraction of sp³-hybridized carbons (Fsp3) is 0. The van der Waals surface area contributed by atoms with E-state index in [9.17, 15) is 9.50 Å². The lowest BCUT2D eigenvalue weighted by molar-refractivity contribution is 0.433. The molecule has 0 heterocycles. The molecule has 0 radical (unpaired) electrons. The maximum Gasteiger partial charge on any atom is 0.172 e. The number of phenols is 1. The van der Waals surface area contributed by atoms with Gasteiger partial charge in [0, 0.05) is 16.1 Å². The van der Waals surface area contributed by atoms with Gasteiger partial charge in [0.2, 0.25) is 0 Å². The third-order valence-corrected chi connectivity index (χ3v) is 2.47. The first-order valence-corrected chi connectivity index (χ1v) is 4.80. The Hall–Kier alpha value is -1.54. The minimum atomic E-state index is -0.648. The molecule has 2 aromatic rings. The number of rotatable bonds is 1. The van der Waals surface area contributed by atoms with Crippen LogP contribution in [0, 0.1) is 5.82 Å². The third kappa shape index (κ3) is 1.81. The normalized spacial score (nSPS) is 10.3. The maximum atomic E-state index is 13.6. The molecule has 76 valence electrons. The van der Waals surface area contributed by atoms with E-state index in [1.165, 1.54) is 6.07 Å². The molecule has 1 nitrogen and oxygen atoms in total. The van der Waals surface area contributed by atoms with Crippen LogP contribution in [0.3, 0.4) is 0 Å². The monoisotopic (exact) mass is 222 g/mol. The molecule has 3 heteroatoms. The number of hydrogen-bond acceptors (Lipinski definition) is 1. The van der Waals surface area contributed by atoms with E-state index in [4.69, 9.17) is 11.6 Å². The molecule has 0 unspecified atom stereocenters. The lowest BCUT2D eigenvalue weighted by atomic mass is 10.0. The van der Waals surface area contributed by atoms with Gasteiger partial charge >= 0.3 is 0 Å². The van der Waals surface area contributed by atoms with E-state index >= 15 is 0 Å². The highest BCUT2D eigenvalue weighted by Gasteiger charge is 2.10. The molecule has 1 N–H and O–H groups in total. The highest BCUT2D eigenvalue weighted by atomic mass is 35.5. The van der Waals surface area contributed by atoms with Crippen LogP contribution < -0.4 is 0 Å². The number of benzene rings is 2. The Morgan fingerprint density at radius 2 is 1.60 bits per heavy atom. The van der Waals surface area contributed by atoms with Crippen molar-refractivity contribution < 1.29 is 9.50 Å². The van der Waals surface area contributed by atoms with E-state index < -0.39 is 5.82 Å². The Bertz CT molecular complexity index is 497. The van der Waals surface area contributed by atoms with Crippen molar-refractivity contribution in [1.82, 2.24) is 0 Å². The van der Waals surface area contributed by atoms with Crippen molar-refractivity contribution in [2.75, 3.05) is 0 Å². The molecule has 0 saturated heterocycles. The topological polar surface area (TPSA) is 20.2 Å². The van der Waals surface area contributed by atoms with Gasteiger partial charge in [0.1, 0.15) is 0 Å². The van der Waals surface area contributed by atoms with Gasteiger partial charge in [-0.15, -0.1) is 0 Å².